The number of halogens is 1. The topological polar surface area (TPSA) is 79.1 Å². The van der Waals surface area contributed by atoms with Crippen LogP contribution in [0.1, 0.15) is 5.56 Å². The van der Waals surface area contributed by atoms with Gasteiger partial charge in [-0.3, -0.25) is 0 Å². The van der Waals surface area contributed by atoms with Crippen molar-refractivity contribution in [1.82, 2.24) is 0 Å². The van der Waals surface area contributed by atoms with Gasteiger partial charge in [0.2, 0.25) is 0 Å². The SMILES string of the molecule is O=C(O)COc1ccc(Br)cc1/C=N\O. The van der Waals surface area contributed by atoms with Crippen LogP contribution in [0.5, 0.6) is 5.75 Å². The molecule has 0 amide bonds. The third-order valence-electron chi connectivity index (χ3n) is 1.52. The molecule has 15 heavy (non-hydrogen) atoms. The van der Waals surface area contributed by atoms with Crippen LogP contribution in [0.4, 0.5) is 0 Å². The molecule has 5 nitrogen and oxygen atoms in total. The average molecular weight is 274 g/mol. The number of carbonyl (C=O) groups is 1. The van der Waals surface area contributed by atoms with Gasteiger partial charge in [0.15, 0.2) is 6.61 Å². The van der Waals surface area contributed by atoms with Crippen molar-refractivity contribution >= 4 is 28.1 Å². The van der Waals surface area contributed by atoms with Gasteiger partial charge in [-0.1, -0.05) is 21.1 Å². The van der Waals surface area contributed by atoms with Gasteiger partial charge >= 0.3 is 5.97 Å². The van der Waals surface area contributed by atoms with E-state index in [2.05, 4.69) is 21.1 Å². The van der Waals surface area contributed by atoms with Gasteiger partial charge in [0.05, 0.1) is 6.21 Å². The highest BCUT2D eigenvalue weighted by Gasteiger charge is 2.05. The Hall–Kier alpha value is -1.56. The Balaban J connectivity index is 2.90. The first-order valence-electron chi connectivity index (χ1n) is 3.95. The molecule has 0 aliphatic carbocycles. The zero-order valence-corrected chi connectivity index (χ0v) is 9.14. The third-order valence-corrected chi connectivity index (χ3v) is 2.01. The number of aliphatic carboxylic acids is 1. The highest BCUT2D eigenvalue weighted by Crippen LogP contribution is 2.21. The maximum atomic E-state index is 10.3. The summed E-state index contributed by atoms with van der Waals surface area (Å²) in [5, 5.41) is 19.7. The van der Waals surface area contributed by atoms with Crippen molar-refractivity contribution < 1.29 is 19.8 Å². The van der Waals surface area contributed by atoms with Crippen molar-refractivity contribution in [1.29, 1.82) is 0 Å². The summed E-state index contributed by atoms with van der Waals surface area (Å²) in [5.41, 5.74) is 0.494. The zero-order chi connectivity index (χ0) is 11.3. The van der Waals surface area contributed by atoms with Gasteiger partial charge in [0.1, 0.15) is 5.75 Å². The van der Waals surface area contributed by atoms with E-state index in [0.29, 0.717) is 11.3 Å². The summed E-state index contributed by atoms with van der Waals surface area (Å²) in [6.45, 7) is -0.437. The summed E-state index contributed by atoms with van der Waals surface area (Å²) in [7, 11) is 0. The molecule has 1 rings (SSSR count). The predicted octanol–water partition coefficient (Wildman–Crippen LogP) is 1.72. The molecule has 6 heteroatoms. The Bertz CT molecular complexity index is 392. The summed E-state index contributed by atoms with van der Waals surface area (Å²) in [6, 6.07) is 4.94. The number of rotatable bonds is 4. The van der Waals surface area contributed by atoms with Gasteiger partial charge in [-0.05, 0) is 18.2 Å². The second kappa shape index (κ2) is 5.35. The number of carboxylic acids is 1. The molecule has 0 heterocycles. The van der Waals surface area contributed by atoms with E-state index in [4.69, 9.17) is 15.1 Å². The largest absolute Gasteiger partial charge is 0.481 e. The first-order valence-corrected chi connectivity index (χ1v) is 4.74. The van der Waals surface area contributed by atoms with Crippen molar-refractivity contribution in [2.75, 3.05) is 6.61 Å². The number of nitrogens with zero attached hydrogens (tertiary/aromatic N) is 1. The second-order valence-electron chi connectivity index (χ2n) is 2.61. The van der Waals surface area contributed by atoms with Crippen LogP contribution >= 0.6 is 15.9 Å². The van der Waals surface area contributed by atoms with Crippen LogP contribution < -0.4 is 4.74 Å². The Labute approximate surface area is 94.1 Å². The summed E-state index contributed by atoms with van der Waals surface area (Å²) < 4.78 is 5.76. The molecule has 0 aliphatic heterocycles. The number of hydrogen-bond acceptors (Lipinski definition) is 4. The standard InChI is InChI=1S/C9H8BrNO4/c10-7-1-2-8(15-5-9(12)13)6(3-7)4-11-14/h1-4,14H,5H2,(H,12,13)/b11-4-. The van der Waals surface area contributed by atoms with E-state index < -0.39 is 12.6 Å². The minimum atomic E-state index is -1.06. The first kappa shape index (κ1) is 11.5. The van der Waals surface area contributed by atoms with Gasteiger partial charge in [0.25, 0.3) is 0 Å². The minimum Gasteiger partial charge on any atom is -0.481 e. The smallest absolute Gasteiger partial charge is 0.341 e. The fourth-order valence-corrected chi connectivity index (χ4v) is 1.33. The maximum Gasteiger partial charge on any atom is 0.341 e. The van der Waals surface area contributed by atoms with E-state index >= 15 is 0 Å². The molecule has 1 aromatic rings. The van der Waals surface area contributed by atoms with Crippen LogP contribution in [0.3, 0.4) is 0 Å². The van der Waals surface area contributed by atoms with Crippen LogP contribution in [-0.4, -0.2) is 29.1 Å². The Morgan fingerprint density at radius 2 is 2.33 bits per heavy atom. The monoisotopic (exact) mass is 273 g/mol. The van der Waals surface area contributed by atoms with Crippen LogP contribution in [-0.2, 0) is 4.79 Å². The van der Waals surface area contributed by atoms with Crippen molar-refractivity contribution in [2.24, 2.45) is 5.16 Å². The molecule has 0 fully saturated rings. The first-order chi connectivity index (χ1) is 7.13. The summed E-state index contributed by atoms with van der Waals surface area (Å²) in [4.78, 5) is 10.3. The van der Waals surface area contributed by atoms with E-state index in [9.17, 15) is 4.79 Å². The lowest BCUT2D eigenvalue weighted by Crippen LogP contribution is -2.10. The molecule has 2 N–H and O–H groups in total. The van der Waals surface area contributed by atoms with E-state index in [1.165, 1.54) is 6.21 Å². The molecule has 1 aromatic carbocycles. The molecule has 0 unspecified atom stereocenters. The fraction of sp³-hybridized carbons (Fsp3) is 0.111. The van der Waals surface area contributed by atoms with Crippen LogP contribution in [0.15, 0.2) is 27.8 Å². The highest BCUT2D eigenvalue weighted by atomic mass is 79.9. The minimum absolute atomic E-state index is 0.346. The fourth-order valence-electron chi connectivity index (χ4n) is 0.953. The molecule has 0 bridgehead atoms. The lowest BCUT2D eigenvalue weighted by Gasteiger charge is -2.06. The van der Waals surface area contributed by atoms with Gasteiger partial charge in [-0.2, -0.15) is 0 Å². The van der Waals surface area contributed by atoms with Gasteiger partial charge in [-0.15, -0.1) is 0 Å². The van der Waals surface area contributed by atoms with Crippen molar-refractivity contribution in [2.45, 2.75) is 0 Å². The molecule has 80 valence electrons. The Morgan fingerprint density at radius 1 is 1.60 bits per heavy atom. The van der Waals surface area contributed by atoms with Gasteiger partial charge in [-0.25, -0.2) is 4.79 Å². The average Bonchev–Trinajstić information content (AvgIpc) is 2.17. The number of carboxylic acid groups (broad SMARTS) is 1. The zero-order valence-electron chi connectivity index (χ0n) is 7.55. The number of hydrogen-bond donors (Lipinski definition) is 2. The predicted molar refractivity (Wildman–Crippen MR) is 56.7 cm³/mol. The molecule has 0 radical (unpaired) electrons. The van der Waals surface area contributed by atoms with E-state index in [0.717, 1.165) is 4.47 Å². The Kier molecular flexibility index (Phi) is 4.11. The normalized spacial score (nSPS) is 10.5. The highest BCUT2D eigenvalue weighted by molar-refractivity contribution is 9.10. The lowest BCUT2D eigenvalue weighted by molar-refractivity contribution is -0.139. The molecule has 0 aliphatic rings. The van der Waals surface area contributed by atoms with Crippen molar-refractivity contribution in [3.8, 4) is 5.75 Å². The van der Waals surface area contributed by atoms with Crippen LogP contribution in [0, 0.1) is 0 Å². The molecular weight excluding hydrogens is 266 g/mol. The molecule has 0 saturated heterocycles. The van der Waals surface area contributed by atoms with Gasteiger partial charge in [0, 0.05) is 10.0 Å². The maximum absolute atomic E-state index is 10.3. The van der Waals surface area contributed by atoms with Crippen molar-refractivity contribution in [3.05, 3.63) is 28.2 Å². The summed E-state index contributed by atoms with van der Waals surface area (Å²) >= 11 is 3.23. The van der Waals surface area contributed by atoms with E-state index in [1.54, 1.807) is 18.2 Å². The van der Waals surface area contributed by atoms with Crippen LogP contribution in [0.25, 0.3) is 0 Å². The molecule has 0 saturated carbocycles. The number of ether oxygens (including phenoxy) is 1. The van der Waals surface area contributed by atoms with Crippen molar-refractivity contribution in [3.63, 3.8) is 0 Å². The van der Waals surface area contributed by atoms with Crippen LogP contribution in [0.2, 0.25) is 0 Å². The second-order valence-corrected chi connectivity index (χ2v) is 3.52. The third kappa shape index (κ3) is 3.59. The summed E-state index contributed by atoms with van der Waals surface area (Å²) in [5.74, 6) is -0.719. The Morgan fingerprint density at radius 3 is 2.93 bits per heavy atom. The quantitative estimate of drug-likeness (QED) is 0.497. The lowest BCUT2D eigenvalue weighted by atomic mass is 10.2. The number of benzene rings is 1. The van der Waals surface area contributed by atoms with E-state index in [-0.39, 0.29) is 0 Å². The number of oxime groups is 1. The molecular formula is C9H8BrNO4. The molecule has 0 atom stereocenters. The van der Waals surface area contributed by atoms with Gasteiger partial charge < -0.3 is 15.1 Å². The van der Waals surface area contributed by atoms with E-state index in [1.807, 2.05) is 0 Å². The summed E-state index contributed by atoms with van der Waals surface area (Å²) in [6.07, 6.45) is 1.17. The molecule has 0 spiro atoms. The molecule has 0 aromatic heterocycles.